The Hall–Kier alpha value is -3.48. The van der Waals surface area contributed by atoms with Gasteiger partial charge in [-0.05, 0) is 45.7 Å². The van der Waals surface area contributed by atoms with E-state index in [9.17, 15) is 4.79 Å². The molecule has 1 saturated heterocycles. The van der Waals surface area contributed by atoms with Gasteiger partial charge >= 0.3 is 6.09 Å². The fourth-order valence-electron chi connectivity index (χ4n) is 3.75. The van der Waals surface area contributed by atoms with E-state index in [2.05, 4.69) is 20.2 Å². The third kappa shape index (κ3) is 10.1. The van der Waals surface area contributed by atoms with E-state index in [4.69, 9.17) is 29.4 Å². The minimum absolute atomic E-state index is 0.0437. The van der Waals surface area contributed by atoms with Crippen molar-refractivity contribution in [1.29, 1.82) is 0 Å². The molecule has 12 heteroatoms. The van der Waals surface area contributed by atoms with Gasteiger partial charge in [-0.3, -0.25) is 10.2 Å². The first kappa shape index (κ1) is 32.5. The Morgan fingerprint density at radius 1 is 1.21 bits per heavy atom. The summed E-state index contributed by atoms with van der Waals surface area (Å²) >= 11 is 0. The molecule has 2 aromatic rings. The van der Waals surface area contributed by atoms with Crippen LogP contribution in [0, 0.1) is 6.92 Å². The molecule has 3 N–H and O–H groups in total. The van der Waals surface area contributed by atoms with Crippen molar-refractivity contribution >= 4 is 24.4 Å². The predicted molar refractivity (Wildman–Crippen MR) is 142 cm³/mol. The van der Waals surface area contributed by atoms with Crippen molar-refractivity contribution < 1.29 is 39.1 Å². The zero-order chi connectivity index (χ0) is 28.5. The molecule has 2 aromatic heterocycles. The maximum Gasteiger partial charge on any atom is 0.410 e. The number of hydrogen-bond donors (Lipinski definition) is 3. The largest absolute Gasteiger partial charge is 0.490 e. The van der Waals surface area contributed by atoms with Crippen molar-refractivity contribution in [3.63, 3.8) is 0 Å². The number of rotatable bonds is 10. The molecule has 3 heterocycles. The molecule has 0 unspecified atom stereocenters. The molecule has 0 bridgehead atoms. The van der Waals surface area contributed by atoms with Crippen LogP contribution in [0.2, 0.25) is 0 Å². The Balaban J connectivity index is 0.00000172. The molecule has 0 aromatic carbocycles. The van der Waals surface area contributed by atoms with Gasteiger partial charge < -0.3 is 34.3 Å². The van der Waals surface area contributed by atoms with Crippen molar-refractivity contribution in [2.75, 3.05) is 39.2 Å². The second-order valence-electron chi connectivity index (χ2n) is 8.43. The normalized spacial score (nSPS) is 13.0. The number of hydrogen-bond acceptors (Lipinski definition) is 11. The van der Waals surface area contributed by atoms with Crippen LogP contribution < -0.4 is 14.8 Å². The van der Waals surface area contributed by atoms with Crippen molar-refractivity contribution in [3.05, 3.63) is 35.8 Å². The quantitative estimate of drug-likeness (QED) is 0.231. The zero-order valence-corrected chi connectivity index (χ0v) is 22.8. The highest BCUT2D eigenvalue weighted by Gasteiger charge is 2.26. The Morgan fingerprint density at radius 3 is 2.47 bits per heavy atom. The summed E-state index contributed by atoms with van der Waals surface area (Å²) in [6.07, 6.45) is 4.01. The first-order chi connectivity index (χ1) is 18.4. The number of methoxy groups -OCH3 is 1. The number of anilines is 2. The van der Waals surface area contributed by atoms with Gasteiger partial charge in [-0.25, -0.2) is 14.7 Å². The van der Waals surface area contributed by atoms with Gasteiger partial charge in [0, 0.05) is 51.0 Å². The third-order valence-electron chi connectivity index (χ3n) is 5.47. The average molecular weight is 537 g/mol. The summed E-state index contributed by atoms with van der Waals surface area (Å²) in [5.74, 6) is 1.63. The monoisotopic (exact) mass is 536 g/mol. The summed E-state index contributed by atoms with van der Waals surface area (Å²) in [6, 6.07) is 5.65. The van der Waals surface area contributed by atoms with Gasteiger partial charge in [-0.2, -0.15) is 0 Å². The van der Waals surface area contributed by atoms with Crippen molar-refractivity contribution in [2.24, 2.45) is 0 Å². The van der Waals surface area contributed by atoms with Gasteiger partial charge in [0.2, 0.25) is 5.75 Å². The average Bonchev–Trinajstić information content (AvgIpc) is 2.93. The smallest absolute Gasteiger partial charge is 0.410 e. The van der Waals surface area contributed by atoms with Crippen LogP contribution in [0.4, 0.5) is 16.3 Å². The maximum atomic E-state index is 12.1. The molecule has 1 fully saturated rings. The molecule has 12 nitrogen and oxygen atoms in total. The molecule has 212 valence electrons. The molecule has 1 amide bonds. The number of likely N-dealkylation sites (tertiary alicyclic amines) is 1. The van der Waals surface area contributed by atoms with E-state index in [0.717, 1.165) is 24.2 Å². The van der Waals surface area contributed by atoms with Crippen LogP contribution in [0.5, 0.6) is 11.5 Å². The molecular formula is C26H40N4O8. The second kappa shape index (κ2) is 17.9. The molecule has 3 rings (SSSR count). The number of amides is 1. The van der Waals surface area contributed by atoms with E-state index >= 15 is 0 Å². The van der Waals surface area contributed by atoms with Crippen LogP contribution in [0.15, 0.2) is 24.4 Å². The minimum atomic E-state index is -0.279. The first-order valence-corrected chi connectivity index (χ1v) is 12.3. The Kier molecular flexibility index (Phi) is 15.3. The van der Waals surface area contributed by atoms with Crippen LogP contribution >= 0.6 is 0 Å². The summed E-state index contributed by atoms with van der Waals surface area (Å²) < 4.78 is 17.1. The summed E-state index contributed by atoms with van der Waals surface area (Å²) in [5.41, 5.74) is 2.54. The van der Waals surface area contributed by atoms with E-state index in [0.29, 0.717) is 56.1 Å². The van der Waals surface area contributed by atoms with E-state index in [1.807, 2.05) is 39.7 Å². The molecule has 1 aliphatic heterocycles. The highest BCUT2D eigenvalue weighted by molar-refractivity contribution is 5.68. The first-order valence-electron chi connectivity index (χ1n) is 12.3. The van der Waals surface area contributed by atoms with Crippen molar-refractivity contribution in [3.8, 4) is 11.5 Å². The number of aliphatic hydroxyl groups is 1. The summed E-state index contributed by atoms with van der Waals surface area (Å²) in [6.45, 7) is 9.03. The molecule has 0 radical (unpaired) electrons. The summed E-state index contributed by atoms with van der Waals surface area (Å²) in [7, 11) is 2.58. The SMILES string of the molecule is C=O.CO.COc1c(OC2CCN(C(=O)OC(C)C)CC2)ccnc1Nc1ccc(CCCOO)nc1C. The molecule has 38 heavy (non-hydrogen) atoms. The number of ether oxygens (including phenoxy) is 3. The lowest BCUT2D eigenvalue weighted by atomic mass is 10.1. The standard InChI is InChI=1S/C24H34N4O6.CH4O.CH2O/c1-16(2)33-24(29)28-13-10-19(11-14-28)34-21-9-12-25-23(22(21)31-4)27-20-8-7-18(26-17(20)3)6-5-15-32-30;2*1-2/h7-9,12,16,19,30H,5-6,10-11,13-15H2,1-4H3,(H,25,27);2H,1H3;1H2. The molecule has 0 aliphatic carbocycles. The number of nitrogens with zero attached hydrogens (tertiary/aromatic N) is 3. The number of piperidine rings is 1. The third-order valence-corrected chi connectivity index (χ3v) is 5.47. The number of nitrogens with one attached hydrogen (secondary N) is 1. The lowest BCUT2D eigenvalue weighted by Gasteiger charge is -2.32. The second-order valence-corrected chi connectivity index (χ2v) is 8.43. The topological polar surface area (TPSA) is 153 Å². The fourth-order valence-corrected chi connectivity index (χ4v) is 3.75. The number of pyridine rings is 2. The lowest BCUT2D eigenvalue weighted by Crippen LogP contribution is -2.42. The lowest BCUT2D eigenvalue weighted by molar-refractivity contribution is -0.242. The van der Waals surface area contributed by atoms with Gasteiger partial charge in [0.25, 0.3) is 0 Å². The molecule has 0 saturated carbocycles. The van der Waals surface area contributed by atoms with E-state index < -0.39 is 0 Å². The molecule has 0 spiro atoms. The van der Waals surface area contributed by atoms with Crippen LogP contribution in [0.1, 0.15) is 44.5 Å². The van der Waals surface area contributed by atoms with E-state index in [1.165, 1.54) is 0 Å². The van der Waals surface area contributed by atoms with Crippen LogP contribution in [-0.2, 0) is 20.8 Å². The fraction of sp³-hybridized carbons (Fsp3) is 0.538. The van der Waals surface area contributed by atoms with Crippen LogP contribution in [-0.4, -0.2) is 84.2 Å². The highest BCUT2D eigenvalue weighted by atomic mass is 17.1. The number of carbonyl (C=O) groups is 2. The van der Waals surface area contributed by atoms with Gasteiger partial charge in [0.1, 0.15) is 12.9 Å². The van der Waals surface area contributed by atoms with Crippen molar-refractivity contribution in [2.45, 2.75) is 58.7 Å². The zero-order valence-electron chi connectivity index (χ0n) is 22.8. The van der Waals surface area contributed by atoms with Gasteiger partial charge in [-0.15, -0.1) is 0 Å². The van der Waals surface area contributed by atoms with E-state index in [-0.39, 0.29) is 24.9 Å². The Morgan fingerprint density at radius 2 is 1.89 bits per heavy atom. The maximum absolute atomic E-state index is 12.1. The van der Waals surface area contributed by atoms with Gasteiger partial charge in [-0.1, -0.05) is 0 Å². The Bertz CT molecular complexity index is 968. The van der Waals surface area contributed by atoms with Crippen molar-refractivity contribution in [1.82, 2.24) is 14.9 Å². The van der Waals surface area contributed by atoms with Gasteiger partial charge in [0.05, 0.1) is 31.2 Å². The molecule has 0 atom stereocenters. The minimum Gasteiger partial charge on any atom is -0.490 e. The van der Waals surface area contributed by atoms with E-state index in [1.54, 1.807) is 24.3 Å². The highest BCUT2D eigenvalue weighted by Crippen LogP contribution is 2.36. The predicted octanol–water partition coefficient (Wildman–Crippen LogP) is 3.77. The Labute approximate surface area is 223 Å². The number of aryl methyl sites for hydroxylation is 2. The summed E-state index contributed by atoms with van der Waals surface area (Å²) in [4.78, 5) is 35.0. The molecule has 1 aliphatic rings. The number of aromatic nitrogens is 2. The summed E-state index contributed by atoms with van der Waals surface area (Å²) in [5, 5.41) is 18.8. The number of aliphatic hydroxyl groups excluding tert-OH is 1. The van der Waals surface area contributed by atoms with Crippen LogP contribution in [0.25, 0.3) is 0 Å². The number of carbonyl (C=O) groups excluding carboxylic acids is 2. The van der Waals surface area contributed by atoms with Crippen LogP contribution in [0.3, 0.4) is 0 Å². The molecular weight excluding hydrogens is 496 g/mol. The van der Waals surface area contributed by atoms with Gasteiger partial charge in [0.15, 0.2) is 11.6 Å².